The summed E-state index contributed by atoms with van der Waals surface area (Å²) in [6.45, 7) is 7.88. The van der Waals surface area contributed by atoms with Crippen LogP contribution in [0.1, 0.15) is 42.6 Å². The maximum Gasteiger partial charge on any atom is 0.251 e. The maximum atomic E-state index is 12.9. The number of nitrogens with one attached hydrogen (secondary N) is 1. The molecule has 7 nitrogen and oxygen atoms in total. The molecule has 1 amide bonds. The van der Waals surface area contributed by atoms with Crippen molar-refractivity contribution in [2.75, 3.05) is 33.3 Å². The largest absolute Gasteiger partial charge is 0.497 e. The summed E-state index contributed by atoms with van der Waals surface area (Å²) in [4.78, 5) is 15.2. The number of carbonyl (C=O) groups is 1. The van der Waals surface area contributed by atoms with Crippen LogP contribution in [0.2, 0.25) is 0 Å². The summed E-state index contributed by atoms with van der Waals surface area (Å²) >= 11 is 0. The first-order valence-electron chi connectivity index (χ1n) is 11.1. The minimum absolute atomic E-state index is 0.0415. The van der Waals surface area contributed by atoms with Gasteiger partial charge in [-0.05, 0) is 67.9 Å². The molecule has 2 aromatic rings. The van der Waals surface area contributed by atoms with Crippen molar-refractivity contribution >= 4 is 15.9 Å². The Labute approximate surface area is 191 Å². The van der Waals surface area contributed by atoms with E-state index in [1.54, 1.807) is 31.4 Å². The van der Waals surface area contributed by atoms with E-state index in [-0.39, 0.29) is 16.8 Å². The van der Waals surface area contributed by atoms with E-state index in [0.29, 0.717) is 37.2 Å². The monoisotopic (exact) mass is 459 g/mol. The van der Waals surface area contributed by atoms with Gasteiger partial charge in [-0.3, -0.25) is 9.69 Å². The molecule has 0 spiro atoms. The molecule has 2 aromatic carbocycles. The van der Waals surface area contributed by atoms with Crippen molar-refractivity contribution in [3.63, 3.8) is 0 Å². The molecule has 1 aliphatic heterocycles. The Balaban J connectivity index is 1.53. The minimum atomic E-state index is -3.55. The zero-order chi connectivity index (χ0) is 23.1. The van der Waals surface area contributed by atoms with Gasteiger partial charge in [-0.25, -0.2) is 8.42 Å². The molecule has 0 aliphatic carbocycles. The molecule has 0 saturated carbocycles. The van der Waals surface area contributed by atoms with Gasteiger partial charge in [0.05, 0.1) is 12.0 Å². The van der Waals surface area contributed by atoms with Crippen molar-refractivity contribution in [3.05, 3.63) is 59.7 Å². The maximum absolute atomic E-state index is 12.9. The molecule has 3 rings (SSSR count). The molecule has 0 aromatic heterocycles. The van der Waals surface area contributed by atoms with Crippen LogP contribution in [0, 0.1) is 0 Å². The fourth-order valence-electron chi connectivity index (χ4n) is 3.87. The van der Waals surface area contributed by atoms with Gasteiger partial charge >= 0.3 is 0 Å². The van der Waals surface area contributed by atoms with Crippen molar-refractivity contribution in [2.45, 2.75) is 44.2 Å². The highest BCUT2D eigenvalue weighted by Crippen LogP contribution is 2.23. The first-order valence-corrected chi connectivity index (χ1v) is 12.6. The van der Waals surface area contributed by atoms with Gasteiger partial charge in [0.2, 0.25) is 10.0 Å². The van der Waals surface area contributed by atoms with Crippen molar-refractivity contribution in [2.24, 2.45) is 0 Å². The topological polar surface area (TPSA) is 79.0 Å². The lowest BCUT2D eigenvalue weighted by Gasteiger charge is -2.31. The van der Waals surface area contributed by atoms with E-state index in [2.05, 4.69) is 24.1 Å². The van der Waals surface area contributed by atoms with Gasteiger partial charge in [-0.15, -0.1) is 0 Å². The Morgan fingerprint density at radius 1 is 1.03 bits per heavy atom. The quantitative estimate of drug-likeness (QED) is 0.623. The highest BCUT2D eigenvalue weighted by atomic mass is 32.2. The van der Waals surface area contributed by atoms with Gasteiger partial charge in [0.1, 0.15) is 5.75 Å². The number of carbonyl (C=O) groups excluding carboxylic acids is 1. The number of benzene rings is 2. The summed E-state index contributed by atoms with van der Waals surface area (Å²) in [5, 5.41) is 3.06. The molecule has 1 N–H and O–H groups in total. The third-order valence-corrected chi connectivity index (χ3v) is 7.92. The second-order valence-electron chi connectivity index (χ2n) is 7.99. The average Bonchev–Trinajstić information content (AvgIpc) is 2.83. The summed E-state index contributed by atoms with van der Waals surface area (Å²) in [7, 11) is -2.00. The predicted octanol–water partition coefficient (Wildman–Crippen LogP) is 3.12. The minimum Gasteiger partial charge on any atom is -0.497 e. The fraction of sp³-hybridized carbons (Fsp3) is 0.458. The summed E-state index contributed by atoms with van der Waals surface area (Å²) in [6.07, 6.45) is 1.17. The van der Waals surface area contributed by atoms with Gasteiger partial charge in [0.25, 0.3) is 5.91 Å². The number of amides is 1. The highest BCUT2D eigenvalue weighted by molar-refractivity contribution is 7.89. The number of methoxy groups -OCH3 is 1. The molecule has 174 valence electrons. The third kappa shape index (κ3) is 5.88. The molecule has 1 saturated heterocycles. The van der Waals surface area contributed by atoms with Crippen LogP contribution in [0.3, 0.4) is 0 Å². The van der Waals surface area contributed by atoms with Crippen LogP contribution in [0.4, 0.5) is 0 Å². The smallest absolute Gasteiger partial charge is 0.251 e. The SMILES string of the molecule is CCN(CC)Cc1ccc(C(=O)NC2CCN(S(=O)(=O)c3ccc(OC)cc3)CC2)cc1. The third-order valence-electron chi connectivity index (χ3n) is 6.00. The van der Waals surface area contributed by atoms with Crippen molar-refractivity contribution in [3.8, 4) is 5.75 Å². The Bertz CT molecular complexity index is 979. The van der Waals surface area contributed by atoms with E-state index >= 15 is 0 Å². The number of piperidine rings is 1. The first kappa shape index (κ1) is 24.2. The number of hydrogen-bond acceptors (Lipinski definition) is 5. The first-order chi connectivity index (χ1) is 15.4. The van der Waals surface area contributed by atoms with Crippen LogP contribution in [0.15, 0.2) is 53.4 Å². The molecule has 0 atom stereocenters. The van der Waals surface area contributed by atoms with Crippen molar-refractivity contribution in [1.29, 1.82) is 0 Å². The van der Waals surface area contributed by atoms with E-state index in [1.165, 1.54) is 9.87 Å². The number of hydrogen-bond donors (Lipinski definition) is 1. The van der Waals surface area contributed by atoms with E-state index in [4.69, 9.17) is 4.74 Å². The normalized spacial score (nSPS) is 15.6. The number of sulfonamides is 1. The zero-order valence-corrected chi connectivity index (χ0v) is 19.9. The lowest BCUT2D eigenvalue weighted by atomic mass is 10.1. The van der Waals surface area contributed by atoms with Crippen LogP contribution in [0.25, 0.3) is 0 Å². The second kappa shape index (κ2) is 10.9. The zero-order valence-electron chi connectivity index (χ0n) is 19.1. The highest BCUT2D eigenvalue weighted by Gasteiger charge is 2.30. The summed E-state index contributed by atoms with van der Waals surface area (Å²) in [5.41, 5.74) is 1.81. The molecule has 1 fully saturated rings. The predicted molar refractivity (Wildman–Crippen MR) is 125 cm³/mol. The van der Waals surface area contributed by atoms with Gasteiger partial charge in [-0.1, -0.05) is 26.0 Å². The van der Waals surface area contributed by atoms with Gasteiger partial charge in [-0.2, -0.15) is 4.31 Å². The second-order valence-corrected chi connectivity index (χ2v) is 9.92. The Kier molecular flexibility index (Phi) is 8.28. The van der Waals surface area contributed by atoms with Crippen molar-refractivity contribution < 1.29 is 17.9 Å². The molecule has 0 bridgehead atoms. The molecule has 1 aliphatic rings. The van der Waals surface area contributed by atoms with Gasteiger partial charge in [0.15, 0.2) is 0 Å². The Hall–Kier alpha value is -2.42. The van der Waals surface area contributed by atoms with Gasteiger partial charge < -0.3 is 10.1 Å². The molecular formula is C24H33N3O4S. The average molecular weight is 460 g/mol. The molecule has 0 radical (unpaired) electrons. The summed E-state index contributed by atoms with van der Waals surface area (Å²) in [6, 6.07) is 14.1. The van der Waals surface area contributed by atoms with E-state index in [9.17, 15) is 13.2 Å². The van der Waals surface area contributed by atoms with Crippen LogP contribution in [-0.4, -0.2) is 62.9 Å². The lowest BCUT2D eigenvalue weighted by molar-refractivity contribution is 0.0924. The van der Waals surface area contributed by atoms with E-state index < -0.39 is 10.0 Å². The van der Waals surface area contributed by atoms with E-state index in [1.807, 2.05) is 24.3 Å². The van der Waals surface area contributed by atoms with Crippen LogP contribution in [-0.2, 0) is 16.6 Å². The lowest BCUT2D eigenvalue weighted by Crippen LogP contribution is -2.46. The molecular weight excluding hydrogens is 426 g/mol. The fourth-order valence-corrected chi connectivity index (χ4v) is 5.34. The Morgan fingerprint density at radius 3 is 2.16 bits per heavy atom. The van der Waals surface area contributed by atoms with Crippen LogP contribution >= 0.6 is 0 Å². The molecule has 8 heteroatoms. The van der Waals surface area contributed by atoms with E-state index in [0.717, 1.165) is 19.6 Å². The van der Waals surface area contributed by atoms with Crippen LogP contribution in [0.5, 0.6) is 5.75 Å². The number of rotatable bonds is 9. The van der Waals surface area contributed by atoms with Crippen LogP contribution < -0.4 is 10.1 Å². The summed E-state index contributed by atoms with van der Waals surface area (Å²) < 4.78 is 32.3. The molecule has 0 unspecified atom stereocenters. The standard InChI is InChI=1S/C24H33N3O4S/c1-4-26(5-2)18-19-6-8-20(9-7-19)24(28)25-21-14-16-27(17-15-21)32(29,30)23-12-10-22(31-3)11-13-23/h6-13,21H,4-5,14-18H2,1-3H3,(H,25,28). The van der Waals surface area contributed by atoms with Crippen molar-refractivity contribution in [1.82, 2.24) is 14.5 Å². The molecule has 1 heterocycles. The number of ether oxygens (including phenoxy) is 1. The summed E-state index contributed by atoms with van der Waals surface area (Å²) in [5.74, 6) is 0.502. The number of nitrogens with zero attached hydrogens (tertiary/aromatic N) is 2. The van der Waals surface area contributed by atoms with Gasteiger partial charge in [0, 0.05) is 31.2 Å². The molecule has 32 heavy (non-hydrogen) atoms. The Morgan fingerprint density at radius 2 is 1.62 bits per heavy atom.